The molecule has 1 rings (SSSR count). The number of rotatable bonds is 4. The summed E-state index contributed by atoms with van der Waals surface area (Å²) in [7, 11) is 0. The Bertz CT molecular complexity index is 256. The second kappa shape index (κ2) is 5.36. The Morgan fingerprint density at radius 1 is 1.38 bits per heavy atom. The average Bonchev–Trinajstić information content (AvgIpc) is 2.17. The molecule has 1 aromatic carbocycles. The molecule has 0 unspecified atom stereocenters. The fraction of sp³-hybridized carbons (Fsp3) is 0.273. The first kappa shape index (κ1) is 9.78. The lowest BCUT2D eigenvalue weighted by molar-refractivity contribution is -0.117. The van der Waals surface area contributed by atoms with Crippen molar-refractivity contribution in [3.05, 3.63) is 42.3 Å². The van der Waals surface area contributed by atoms with E-state index in [2.05, 4.69) is 5.32 Å². The molecule has 0 saturated carbocycles. The number of amides is 1. The van der Waals surface area contributed by atoms with E-state index in [0.717, 1.165) is 5.56 Å². The van der Waals surface area contributed by atoms with Gasteiger partial charge in [-0.15, -0.1) is 0 Å². The van der Waals surface area contributed by atoms with E-state index in [1.54, 1.807) is 6.42 Å². The first-order chi connectivity index (χ1) is 6.33. The minimum atomic E-state index is 0.00588. The third-order valence-electron chi connectivity index (χ3n) is 1.72. The predicted molar refractivity (Wildman–Crippen MR) is 53.1 cm³/mol. The minimum Gasteiger partial charge on any atom is -0.356 e. The van der Waals surface area contributed by atoms with Gasteiger partial charge in [0.1, 0.15) is 0 Å². The molecule has 13 heavy (non-hydrogen) atoms. The quantitative estimate of drug-likeness (QED) is 0.741. The molecule has 1 radical (unpaired) electrons. The summed E-state index contributed by atoms with van der Waals surface area (Å²) in [6, 6.07) is 9.93. The van der Waals surface area contributed by atoms with E-state index < -0.39 is 0 Å². The second-order valence-electron chi connectivity index (χ2n) is 2.79. The molecule has 0 aliphatic rings. The Balaban J connectivity index is 2.31. The Morgan fingerprint density at radius 3 is 2.69 bits per heavy atom. The molecule has 0 fully saturated rings. The summed E-state index contributed by atoms with van der Waals surface area (Å²) in [5.41, 5.74) is 1.16. The van der Waals surface area contributed by atoms with Crippen LogP contribution in [0.2, 0.25) is 0 Å². The van der Waals surface area contributed by atoms with Gasteiger partial charge in [-0.25, -0.2) is 0 Å². The van der Waals surface area contributed by atoms with Crippen LogP contribution in [0.1, 0.15) is 12.5 Å². The molecule has 0 saturated heterocycles. The van der Waals surface area contributed by atoms with Crippen LogP contribution in [0.25, 0.3) is 0 Å². The standard InChI is InChI=1S/C11H14NO/c1-2-12-11(13)9-8-10-6-4-3-5-7-10/h3-7,9H,2,8H2,1H3,(H,12,13). The van der Waals surface area contributed by atoms with Gasteiger partial charge in [0.2, 0.25) is 5.91 Å². The SMILES string of the molecule is CCNC(=O)[CH]Cc1ccccc1. The van der Waals surface area contributed by atoms with Gasteiger partial charge in [0.25, 0.3) is 0 Å². The van der Waals surface area contributed by atoms with Crippen molar-refractivity contribution in [3.8, 4) is 0 Å². The lowest BCUT2D eigenvalue weighted by Gasteiger charge is -2.01. The number of nitrogens with one attached hydrogen (secondary N) is 1. The minimum absolute atomic E-state index is 0.00588. The molecule has 0 atom stereocenters. The lowest BCUT2D eigenvalue weighted by atomic mass is 10.1. The Labute approximate surface area is 79.0 Å². The summed E-state index contributed by atoms with van der Waals surface area (Å²) in [6.45, 7) is 2.60. The van der Waals surface area contributed by atoms with Crippen molar-refractivity contribution in [2.24, 2.45) is 0 Å². The van der Waals surface area contributed by atoms with E-state index in [1.807, 2.05) is 37.3 Å². The summed E-state index contributed by atoms with van der Waals surface area (Å²) in [5.74, 6) is 0.00588. The normalized spacial score (nSPS) is 9.62. The third-order valence-corrected chi connectivity index (χ3v) is 1.72. The lowest BCUT2D eigenvalue weighted by Crippen LogP contribution is -2.23. The predicted octanol–water partition coefficient (Wildman–Crippen LogP) is 1.57. The van der Waals surface area contributed by atoms with Gasteiger partial charge in [-0.05, 0) is 18.9 Å². The number of benzene rings is 1. The molecule has 1 aromatic rings. The molecule has 2 nitrogen and oxygen atoms in total. The number of hydrogen-bond acceptors (Lipinski definition) is 1. The fourth-order valence-electron chi connectivity index (χ4n) is 1.07. The maximum Gasteiger partial charge on any atom is 0.224 e. The Kier molecular flexibility index (Phi) is 4.03. The van der Waals surface area contributed by atoms with Gasteiger partial charge >= 0.3 is 0 Å². The van der Waals surface area contributed by atoms with Gasteiger partial charge in [-0.1, -0.05) is 30.3 Å². The highest BCUT2D eigenvalue weighted by molar-refractivity contribution is 5.84. The van der Waals surface area contributed by atoms with E-state index in [9.17, 15) is 4.79 Å². The number of carbonyl (C=O) groups excluding carboxylic acids is 1. The van der Waals surface area contributed by atoms with Crippen LogP contribution in [0.5, 0.6) is 0 Å². The highest BCUT2D eigenvalue weighted by atomic mass is 16.1. The van der Waals surface area contributed by atoms with Crippen LogP contribution in [0, 0.1) is 6.42 Å². The van der Waals surface area contributed by atoms with Crippen LogP contribution < -0.4 is 5.32 Å². The van der Waals surface area contributed by atoms with Crippen molar-refractivity contribution in [3.63, 3.8) is 0 Å². The Morgan fingerprint density at radius 2 is 2.08 bits per heavy atom. The molecule has 2 heteroatoms. The zero-order valence-corrected chi connectivity index (χ0v) is 7.79. The maximum absolute atomic E-state index is 11.0. The molecule has 0 aromatic heterocycles. The van der Waals surface area contributed by atoms with Crippen molar-refractivity contribution in [1.82, 2.24) is 5.32 Å². The summed E-state index contributed by atoms with van der Waals surface area (Å²) < 4.78 is 0. The van der Waals surface area contributed by atoms with Crippen LogP contribution in [-0.2, 0) is 11.2 Å². The van der Waals surface area contributed by atoms with E-state index in [4.69, 9.17) is 0 Å². The summed E-state index contributed by atoms with van der Waals surface area (Å²) in [6.07, 6.45) is 2.37. The van der Waals surface area contributed by atoms with Crippen LogP contribution in [0.4, 0.5) is 0 Å². The highest BCUT2D eigenvalue weighted by Crippen LogP contribution is 2.00. The van der Waals surface area contributed by atoms with Gasteiger partial charge in [0.15, 0.2) is 0 Å². The third kappa shape index (κ3) is 3.74. The zero-order valence-electron chi connectivity index (χ0n) is 7.79. The largest absolute Gasteiger partial charge is 0.356 e. The van der Waals surface area contributed by atoms with Crippen LogP contribution >= 0.6 is 0 Å². The van der Waals surface area contributed by atoms with E-state index in [-0.39, 0.29) is 5.91 Å². The van der Waals surface area contributed by atoms with E-state index >= 15 is 0 Å². The second-order valence-corrected chi connectivity index (χ2v) is 2.79. The summed E-state index contributed by atoms with van der Waals surface area (Å²) in [4.78, 5) is 11.0. The Hall–Kier alpha value is -1.31. The van der Waals surface area contributed by atoms with Crippen molar-refractivity contribution in [2.75, 3.05) is 6.54 Å². The van der Waals surface area contributed by atoms with Crippen LogP contribution in [0.3, 0.4) is 0 Å². The molecule has 1 N–H and O–H groups in total. The molecular formula is C11H14NO. The van der Waals surface area contributed by atoms with Crippen LogP contribution in [0.15, 0.2) is 30.3 Å². The van der Waals surface area contributed by atoms with Crippen molar-refractivity contribution < 1.29 is 4.79 Å². The highest BCUT2D eigenvalue weighted by Gasteiger charge is 1.99. The number of hydrogen-bond donors (Lipinski definition) is 1. The topological polar surface area (TPSA) is 29.1 Å². The van der Waals surface area contributed by atoms with Gasteiger partial charge in [-0.2, -0.15) is 0 Å². The van der Waals surface area contributed by atoms with Gasteiger partial charge in [-0.3, -0.25) is 4.79 Å². The molecule has 0 spiro atoms. The molecular weight excluding hydrogens is 162 g/mol. The molecule has 0 bridgehead atoms. The molecule has 0 aliphatic carbocycles. The van der Waals surface area contributed by atoms with Crippen molar-refractivity contribution >= 4 is 5.91 Å². The average molecular weight is 176 g/mol. The monoisotopic (exact) mass is 176 g/mol. The smallest absolute Gasteiger partial charge is 0.224 e. The zero-order chi connectivity index (χ0) is 9.52. The summed E-state index contributed by atoms with van der Waals surface area (Å²) in [5, 5.41) is 2.72. The van der Waals surface area contributed by atoms with Gasteiger partial charge < -0.3 is 5.32 Å². The van der Waals surface area contributed by atoms with E-state index in [1.165, 1.54) is 0 Å². The maximum atomic E-state index is 11.0. The first-order valence-corrected chi connectivity index (χ1v) is 4.48. The van der Waals surface area contributed by atoms with Crippen molar-refractivity contribution in [1.29, 1.82) is 0 Å². The molecule has 1 amide bonds. The van der Waals surface area contributed by atoms with Gasteiger partial charge in [0.05, 0.1) is 6.42 Å². The molecule has 0 aliphatic heterocycles. The van der Waals surface area contributed by atoms with E-state index in [0.29, 0.717) is 13.0 Å². The fourth-order valence-corrected chi connectivity index (χ4v) is 1.07. The molecule has 69 valence electrons. The van der Waals surface area contributed by atoms with Crippen LogP contribution in [-0.4, -0.2) is 12.5 Å². The summed E-state index contributed by atoms with van der Waals surface area (Å²) >= 11 is 0. The van der Waals surface area contributed by atoms with Crippen molar-refractivity contribution in [2.45, 2.75) is 13.3 Å². The number of carbonyl (C=O) groups is 1. The molecule has 0 heterocycles. The first-order valence-electron chi connectivity index (χ1n) is 4.48. The van der Waals surface area contributed by atoms with Gasteiger partial charge in [0, 0.05) is 6.54 Å².